The molecule has 1 fully saturated rings. The normalized spacial score (nSPS) is 16.1. The van der Waals surface area contributed by atoms with Crippen molar-refractivity contribution >= 4 is 11.6 Å². The summed E-state index contributed by atoms with van der Waals surface area (Å²) in [5.41, 5.74) is 0. The largest absolute Gasteiger partial charge is 0.373 e. The number of aryl methyl sites for hydroxylation is 1. The van der Waals surface area contributed by atoms with Crippen LogP contribution in [-0.2, 0) is 6.42 Å². The summed E-state index contributed by atoms with van der Waals surface area (Å²) in [6.07, 6.45) is 6.08. The summed E-state index contributed by atoms with van der Waals surface area (Å²) in [4.78, 5) is 11.6. The van der Waals surface area contributed by atoms with Crippen molar-refractivity contribution in [2.24, 2.45) is 0 Å². The highest BCUT2D eigenvalue weighted by molar-refractivity contribution is 5.47. The molecule has 5 nitrogen and oxygen atoms in total. The Balaban J connectivity index is 1.85. The van der Waals surface area contributed by atoms with Crippen LogP contribution in [0.2, 0.25) is 0 Å². The molecule has 0 aromatic carbocycles. The van der Waals surface area contributed by atoms with E-state index >= 15 is 0 Å². The third-order valence-electron chi connectivity index (χ3n) is 3.69. The summed E-state index contributed by atoms with van der Waals surface area (Å²) in [6, 6.07) is 1.98. The molecule has 5 heteroatoms. The fourth-order valence-corrected chi connectivity index (χ4v) is 2.58. The van der Waals surface area contributed by atoms with Gasteiger partial charge >= 0.3 is 0 Å². The van der Waals surface area contributed by atoms with E-state index in [0.717, 1.165) is 43.4 Å². The highest BCUT2D eigenvalue weighted by atomic mass is 15.2. The monoisotopic (exact) mass is 277 g/mol. The minimum absolute atomic E-state index is 0.893. The molecule has 1 aliphatic rings. The highest BCUT2D eigenvalue weighted by Gasteiger charge is 2.09. The lowest BCUT2D eigenvalue weighted by Crippen LogP contribution is -2.33. The molecular weight excluding hydrogens is 250 g/mol. The average Bonchev–Trinajstić information content (AvgIpc) is 2.48. The number of nitrogens with one attached hydrogen (secondary N) is 2. The summed E-state index contributed by atoms with van der Waals surface area (Å²) in [6.45, 7) is 6.69. The van der Waals surface area contributed by atoms with E-state index in [9.17, 15) is 0 Å². The summed E-state index contributed by atoms with van der Waals surface area (Å²) < 4.78 is 0. The van der Waals surface area contributed by atoms with Crippen LogP contribution in [0.15, 0.2) is 6.07 Å². The van der Waals surface area contributed by atoms with Gasteiger partial charge in [0.2, 0.25) is 0 Å². The van der Waals surface area contributed by atoms with E-state index in [2.05, 4.69) is 32.4 Å². The molecule has 0 radical (unpaired) electrons. The second kappa shape index (κ2) is 8.04. The molecule has 20 heavy (non-hydrogen) atoms. The van der Waals surface area contributed by atoms with Gasteiger partial charge in [-0.2, -0.15) is 0 Å². The number of anilines is 2. The topological polar surface area (TPSA) is 53.1 Å². The first kappa shape index (κ1) is 15.0. The van der Waals surface area contributed by atoms with Crippen molar-refractivity contribution < 1.29 is 0 Å². The third kappa shape index (κ3) is 4.63. The predicted molar refractivity (Wildman–Crippen MR) is 84.4 cm³/mol. The molecule has 0 aliphatic carbocycles. The zero-order chi connectivity index (χ0) is 14.2. The quantitative estimate of drug-likeness (QED) is 0.801. The smallest absolute Gasteiger partial charge is 0.133 e. The van der Waals surface area contributed by atoms with Crippen LogP contribution < -0.4 is 10.6 Å². The predicted octanol–water partition coefficient (Wildman–Crippen LogP) is 2.37. The van der Waals surface area contributed by atoms with Crippen LogP contribution >= 0.6 is 0 Å². The van der Waals surface area contributed by atoms with Gasteiger partial charge in [0.1, 0.15) is 17.5 Å². The van der Waals surface area contributed by atoms with Gasteiger partial charge in [-0.15, -0.1) is 0 Å². The summed E-state index contributed by atoms with van der Waals surface area (Å²) in [7, 11) is 1.90. The Morgan fingerprint density at radius 2 is 1.90 bits per heavy atom. The van der Waals surface area contributed by atoms with Crippen LogP contribution in [0.25, 0.3) is 0 Å². The van der Waals surface area contributed by atoms with Gasteiger partial charge in [0, 0.05) is 32.6 Å². The summed E-state index contributed by atoms with van der Waals surface area (Å²) in [5.74, 6) is 2.74. The Morgan fingerprint density at radius 1 is 1.15 bits per heavy atom. The Morgan fingerprint density at radius 3 is 2.60 bits per heavy atom. The minimum Gasteiger partial charge on any atom is -0.373 e. The lowest BCUT2D eigenvalue weighted by molar-refractivity contribution is 0.237. The first-order valence-electron chi connectivity index (χ1n) is 7.83. The van der Waals surface area contributed by atoms with Crippen LogP contribution in [0.3, 0.4) is 0 Å². The maximum absolute atomic E-state index is 4.57. The van der Waals surface area contributed by atoms with E-state index < -0.39 is 0 Å². The molecule has 2 rings (SSSR count). The molecule has 1 saturated heterocycles. The highest BCUT2D eigenvalue weighted by Crippen LogP contribution is 2.12. The fraction of sp³-hybridized carbons (Fsp3) is 0.733. The molecule has 0 saturated carbocycles. The van der Waals surface area contributed by atoms with Gasteiger partial charge in [0.15, 0.2) is 0 Å². The molecule has 0 bridgehead atoms. The molecule has 0 amide bonds. The lowest BCUT2D eigenvalue weighted by Gasteiger charge is -2.26. The van der Waals surface area contributed by atoms with Crippen molar-refractivity contribution in [3.05, 3.63) is 11.9 Å². The number of likely N-dealkylation sites (tertiary alicyclic amines) is 1. The fourth-order valence-electron chi connectivity index (χ4n) is 2.58. The molecule has 0 atom stereocenters. The average molecular weight is 277 g/mol. The van der Waals surface area contributed by atoms with Gasteiger partial charge in [-0.3, -0.25) is 0 Å². The van der Waals surface area contributed by atoms with Gasteiger partial charge in [-0.1, -0.05) is 13.3 Å². The summed E-state index contributed by atoms with van der Waals surface area (Å²) in [5, 5.41) is 6.54. The summed E-state index contributed by atoms with van der Waals surface area (Å²) >= 11 is 0. The van der Waals surface area contributed by atoms with Crippen LogP contribution in [0.5, 0.6) is 0 Å². The Bertz CT molecular complexity index is 401. The van der Waals surface area contributed by atoms with Crippen molar-refractivity contribution in [1.29, 1.82) is 0 Å². The molecule has 1 aliphatic heterocycles. The standard InChI is InChI=1S/C15H27N5/c1-3-7-13-18-14(16-2)12-15(19-13)17-8-11-20-9-5-4-6-10-20/h12H,3-11H2,1-2H3,(H2,16,17,18,19). The van der Waals surface area contributed by atoms with Crippen molar-refractivity contribution in [3.63, 3.8) is 0 Å². The van der Waals surface area contributed by atoms with E-state index in [1.165, 1.54) is 32.4 Å². The van der Waals surface area contributed by atoms with Crippen LogP contribution in [0.4, 0.5) is 11.6 Å². The van der Waals surface area contributed by atoms with Gasteiger partial charge in [0.05, 0.1) is 0 Å². The molecule has 112 valence electrons. The first-order valence-corrected chi connectivity index (χ1v) is 7.83. The van der Waals surface area contributed by atoms with Crippen molar-refractivity contribution in [2.75, 3.05) is 43.9 Å². The van der Waals surface area contributed by atoms with E-state index in [1.807, 2.05) is 13.1 Å². The number of piperidine rings is 1. The molecule has 2 N–H and O–H groups in total. The zero-order valence-corrected chi connectivity index (χ0v) is 12.8. The number of nitrogens with zero attached hydrogens (tertiary/aromatic N) is 3. The van der Waals surface area contributed by atoms with E-state index in [1.54, 1.807) is 0 Å². The molecule has 1 aromatic heterocycles. The molecule has 1 aromatic rings. The van der Waals surface area contributed by atoms with E-state index in [4.69, 9.17) is 0 Å². The van der Waals surface area contributed by atoms with Crippen LogP contribution in [0, 0.1) is 0 Å². The molecule has 0 spiro atoms. The van der Waals surface area contributed by atoms with E-state index in [0.29, 0.717) is 0 Å². The van der Waals surface area contributed by atoms with Crippen molar-refractivity contribution in [2.45, 2.75) is 39.0 Å². The first-order chi connectivity index (χ1) is 9.81. The number of aromatic nitrogens is 2. The van der Waals surface area contributed by atoms with Crippen LogP contribution in [0.1, 0.15) is 38.4 Å². The van der Waals surface area contributed by atoms with Crippen molar-refractivity contribution in [3.8, 4) is 0 Å². The lowest BCUT2D eigenvalue weighted by atomic mass is 10.1. The zero-order valence-electron chi connectivity index (χ0n) is 12.8. The van der Waals surface area contributed by atoms with Gasteiger partial charge in [0.25, 0.3) is 0 Å². The number of hydrogen-bond acceptors (Lipinski definition) is 5. The van der Waals surface area contributed by atoms with Crippen LogP contribution in [-0.4, -0.2) is 48.1 Å². The molecule has 2 heterocycles. The molecule has 0 unspecified atom stereocenters. The van der Waals surface area contributed by atoms with E-state index in [-0.39, 0.29) is 0 Å². The van der Waals surface area contributed by atoms with Gasteiger partial charge in [-0.25, -0.2) is 9.97 Å². The SMILES string of the molecule is CCCc1nc(NC)cc(NCCN2CCCCC2)n1. The maximum atomic E-state index is 4.57. The van der Waals surface area contributed by atoms with Crippen molar-refractivity contribution in [1.82, 2.24) is 14.9 Å². The Kier molecular flexibility index (Phi) is 6.05. The second-order valence-electron chi connectivity index (χ2n) is 5.38. The molecular formula is C15H27N5. The number of hydrogen-bond donors (Lipinski definition) is 2. The van der Waals surface area contributed by atoms with Gasteiger partial charge < -0.3 is 15.5 Å². The minimum atomic E-state index is 0.893. The second-order valence-corrected chi connectivity index (χ2v) is 5.38. The number of rotatable bonds is 7. The Hall–Kier alpha value is -1.36. The third-order valence-corrected chi connectivity index (χ3v) is 3.69. The maximum Gasteiger partial charge on any atom is 0.133 e. The Labute approximate surface area is 122 Å². The van der Waals surface area contributed by atoms with Gasteiger partial charge in [-0.05, 0) is 32.4 Å².